The predicted molar refractivity (Wildman–Crippen MR) is 57.1 cm³/mol. The first-order chi connectivity index (χ1) is 7.02. The second-order valence-corrected chi connectivity index (χ2v) is 4.53. The van der Waals surface area contributed by atoms with Gasteiger partial charge in [-0.25, -0.2) is 0 Å². The van der Waals surface area contributed by atoms with E-state index < -0.39 is 18.2 Å². The van der Waals surface area contributed by atoms with Crippen LogP contribution in [0.5, 0.6) is 0 Å². The third-order valence-corrected chi connectivity index (χ3v) is 3.12. The van der Waals surface area contributed by atoms with Gasteiger partial charge in [0.15, 0.2) is 0 Å². The Morgan fingerprint density at radius 3 is 2.40 bits per heavy atom. The van der Waals surface area contributed by atoms with Gasteiger partial charge in [0.05, 0.1) is 18.3 Å². The van der Waals surface area contributed by atoms with E-state index in [-0.39, 0.29) is 31.1 Å². The van der Waals surface area contributed by atoms with Gasteiger partial charge in [0, 0.05) is 25.1 Å². The van der Waals surface area contributed by atoms with Crippen molar-refractivity contribution < 1.29 is 14.9 Å². The van der Waals surface area contributed by atoms with Crippen molar-refractivity contribution in [3.8, 4) is 0 Å². The predicted octanol–water partition coefficient (Wildman–Crippen LogP) is -1.33. The molecule has 1 fully saturated rings. The molecule has 0 spiro atoms. The molecule has 1 aliphatic rings. The number of nitrogens with two attached hydrogens (primary N) is 2. The molecule has 5 heteroatoms. The van der Waals surface area contributed by atoms with Gasteiger partial charge in [-0.15, -0.1) is 0 Å². The van der Waals surface area contributed by atoms with E-state index in [4.69, 9.17) is 16.2 Å². The highest BCUT2D eigenvalue weighted by molar-refractivity contribution is 4.95. The molecule has 1 heterocycles. The summed E-state index contributed by atoms with van der Waals surface area (Å²) in [5.41, 5.74) is 11.4. The Bertz CT molecular complexity index is 201. The van der Waals surface area contributed by atoms with Crippen molar-refractivity contribution in [3.05, 3.63) is 0 Å². The minimum absolute atomic E-state index is 0.0711. The van der Waals surface area contributed by atoms with Crippen LogP contribution in [0.2, 0.25) is 0 Å². The molecule has 1 saturated heterocycles. The molecule has 0 aromatic carbocycles. The minimum Gasteiger partial charge on any atom is -0.396 e. The molecule has 0 aromatic heterocycles. The van der Waals surface area contributed by atoms with Gasteiger partial charge in [0.25, 0.3) is 0 Å². The van der Waals surface area contributed by atoms with E-state index in [9.17, 15) is 10.2 Å². The highest BCUT2D eigenvalue weighted by Crippen LogP contribution is 2.28. The molecule has 5 nitrogen and oxygen atoms in total. The van der Waals surface area contributed by atoms with E-state index in [1.807, 2.05) is 13.8 Å². The molecule has 1 aliphatic heterocycles. The molecule has 0 bridgehead atoms. The quantitative estimate of drug-likeness (QED) is 0.470. The Balaban J connectivity index is 2.79. The van der Waals surface area contributed by atoms with Crippen molar-refractivity contribution in [1.82, 2.24) is 0 Å². The van der Waals surface area contributed by atoms with Crippen LogP contribution in [-0.2, 0) is 4.74 Å². The van der Waals surface area contributed by atoms with Gasteiger partial charge in [-0.3, -0.25) is 0 Å². The van der Waals surface area contributed by atoms with E-state index in [1.54, 1.807) is 0 Å². The van der Waals surface area contributed by atoms with Crippen molar-refractivity contribution >= 4 is 0 Å². The fourth-order valence-corrected chi connectivity index (χ4v) is 2.18. The van der Waals surface area contributed by atoms with Gasteiger partial charge >= 0.3 is 0 Å². The topological polar surface area (TPSA) is 102 Å². The summed E-state index contributed by atoms with van der Waals surface area (Å²) in [5, 5.41) is 19.1. The van der Waals surface area contributed by atoms with Crippen LogP contribution in [-0.4, -0.2) is 47.7 Å². The summed E-state index contributed by atoms with van der Waals surface area (Å²) in [6.45, 7) is 4.19. The van der Waals surface area contributed by atoms with E-state index in [2.05, 4.69) is 0 Å². The van der Waals surface area contributed by atoms with Crippen LogP contribution in [0.1, 0.15) is 13.8 Å². The highest BCUT2D eigenvalue weighted by Gasteiger charge is 2.43. The average Bonchev–Trinajstić information content (AvgIpc) is 2.21. The SMILES string of the molecule is CC(C)C1OC(CN)C(O)C(N)C1CO. The number of aliphatic hydroxyl groups excluding tert-OH is 2. The minimum atomic E-state index is -0.790. The Kier molecular flexibility index (Phi) is 4.48. The summed E-state index contributed by atoms with van der Waals surface area (Å²) in [6.07, 6.45) is -1.35. The largest absolute Gasteiger partial charge is 0.396 e. The van der Waals surface area contributed by atoms with Gasteiger partial charge in [0.1, 0.15) is 0 Å². The zero-order chi connectivity index (χ0) is 11.6. The molecule has 5 unspecified atom stereocenters. The Hall–Kier alpha value is -0.200. The Morgan fingerprint density at radius 1 is 1.40 bits per heavy atom. The van der Waals surface area contributed by atoms with Crippen LogP contribution in [0, 0.1) is 11.8 Å². The summed E-state index contributed by atoms with van der Waals surface area (Å²) < 4.78 is 5.67. The van der Waals surface area contributed by atoms with Gasteiger partial charge in [-0.05, 0) is 5.92 Å². The lowest BCUT2D eigenvalue weighted by molar-refractivity contribution is -0.171. The van der Waals surface area contributed by atoms with Crippen LogP contribution in [0.3, 0.4) is 0 Å². The van der Waals surface area contributed by atoms with Crippen molar-refractivity contribution in [2.45, 2.75) is 38.2 Å². The average molecular weight is 218 g/mol. The van der Waals surface area contributed by atoms with Crippen LogP contribution in [0.25, 0.3) is 0 Å². The number of aliphatic hydroxyl groups is 2. The third kappa shape index (κ3) is 2.49. The zero-order valence-corrected chi connectivity index (χ0v) is 9.34. The van der Waals surface area contributed by atoms with Gasteiger partial charge in [-0.1, -0.05) is 13.8 Å². The van der Waals surface area contributed by atoms with Gasteiger partial charge in [0.2, 0.25) is 0 Å². The Morgan fingerprint density at radius 2 is 2.00 bits per heavy atom. The second-order valence-electron chi connectivity index (χ2n) is 4.53. The van der Waals surface area contributed by atoms with E-state index >= 15 is 0 Å². The smallest absolute Gasteiger partial charge is 0.0975 e. The molecule has 0 saturated carbocycles. The van der Waals surface area contributed by atoms with Crippen LogP contribution in [0.15, 0.2) is 0 Å². The lowest BCUT2D eigenvalue weighted by Gasteiger charge is -2.44. The molecule has 5 atom stereocenters. The number of ether oxygens (including phenoxy) is 1. The molecule has 0 aromatic rings. The maximum Gasteiger partial charge on any atom is 0.0975 e. The summed E-state index contributed by atoms with van der Waals surface area (Å²) in [6, 6.07) is -0.468. The summed E-state index contributed by atoms with van der Waals surface area (Å²) in [4.78, 5) is 0. The van der Waals surface area contributed by atoms with Crippen molar-refractivity contribution in [2.75, 3.05) is 13.2 Å². The number of hydrogen-bond acceptors (Lipinski definition) is 5. The molecule has 6 N–H and O–H groups in total. The molecule has 0 aliphatic carbocycles. The molecule has 90 valence electrons. The normalized spacial score (nSPS) is 42.2. The monoisotopic (exact) mass is 218 g/mol. The first-order valence-electron chi connectivity index (χ1n) is 5.43. The molecular weight excluding hydrogens is 196 g/mol. The summed E-state index contributed by atoms with van der Waals surface area (Å²) >= 11 is 0. The fourth-order valence-electron chi connectivity index (χ4n) is 2.18. The Labute approximate surface area is 90.4 Å². The first kappa shape index (κ1) is 12.9. The van der Waals surface area contributed by atoms with Crippen LogP contribution in [0.4, 0.5) is 0 Å². The van der Waals surface area contributed by atoms with Gasteiger partial charge in [-0.2, -0.15) is 0 Å². The van der Waals surface area contributed by atoms with Crippen molar-refractivity contribution in [2.24, 2.45) is 23.3 Å². The lowest BCUT2D eigenvalue weighted by Crippen LogP contribution is -2.62. The van der Waals surface area contributed by atoms with Gasteiger partial charge < -0.3 is 26.4 Å². The van der Waals surface area contributed by atoms with E-state index in [1.165, 1.54) is 0 Å². The third-order valence-electron chi connectivity index (χ3n) is 3.12. The maximum atomic E-state index is 9.80. The number of hydrogen-bond donors (Lipinski definition) is 4. The van der Waals surface area contributed by atoms with Crippen molar-refractivity contribution in [3.63, 3.8) is 0 Å². The molecule has 1 rings (SSSR count). The molecule has 0 amide bonds. The van der Waals surface area contributed by atoms with Crippen LogP contribution < -0.4 is 11.5 Å². The second kappa shape index (κ2) is 5.23. The lowest BCUT2D eigenvalue weighted by atomic mass is 9.81. The summed E-state index contributed by atoms with van der Waals surface area (Å²) in [5.74, 6) is 0.0255. The summed E-state index contributed by atoms with van der Waals surface area (Å²) in [7, 11) is 0. The number of rotatable bonds is 3. The molecule has 0 radical (unpaired) electrons. The highest BCUT2D eigenvalue weighted by atomic mass is 16.5. The first-order valence-corrected chi connectivity index (χ1v) is 5.43. The standard InChI is InChI=1S/C10H22N2O3/c1-5(2)10-6(4-13)8(12)9(14)7(3-11)15-10/h5-10,13-14H,3-4,11-12H2,1-2H3. The van der Waals surface area contributed by atoms with E-state index in [0.717, 1.165) is 0 Å². The fraction of sp³-hybridized carbons (Fsp3) is 1.00. The van der Waals surface area contributed by atoms with E-state index in [0.29, 0.717) is 0 Å². The van der Waals surface area contributed by atoms with Crippen LogP contribution >= 0.6 is 0 Å². The molecule has 15 heavy (non-hydrogen) atoms. The van der Waals surface area contributed by atoms with Crippen molar-refractivity contribution in [1.29, 1.82) is 0 Å². The molecular formula is C10H22N2O3. The zero-order valence-electron chi connectivity index (χ0n) is 9.34. The maximum absolute atomic E-state index is 9.80.